The summed E-state index contributed by atoms with van der Waals surface area (Å²) in [5, 5.41) is 8.65. The second-order valence-electron chi connectivity index (χ2n) is 4.75. The molecule has 18 heavy (non-hydrogen) atoms. The van der Waals surface area contributed by atoms with Crippen molar-refractivity contribution in [1.82, 2.24) is 4.90 Å². The van der Waals surface area contributed by atoms with Gasteiger partial charge in [-0.3, -0.25) is 10.3 Å². The van der Waals surface area contributed by atoms with Crippen LogP contribution in [0.1, 0.15) is 18.4 Å². The number of piperidine rings is 1. The Kier molecular flexibility index (Phi) is 4.49. The molecule has 1 aliphatic rings. The molecule has 1 aromatic rings. The highest BCUT2D eigenvalue weighted by molar-refractivity contribution is 6.42. The molecular formula is C13H17Cl2N3. The molecule has 3 nitrogen and oxygen atoms in total. The van der Waals surface area contributed by atoms with Crippen LogP contribution in [-0.4, -0.2) is 23.8 Å². The van der Waals surface area contributed by atoms with Crippen LogP contribution < -0.4 is 5.73 Å². The van der Waals surface area contributed by atoms with E-state index in [2.05, 4.69) is 4.90 Å². The Morgan fingerprint density at radius 3 is 2.50 bits per heavy atom. The minimum absolute atomic E-state index is 0.259. The molecule has 0 unspecified atom stereocenters. The number of amidine groups is 1. The van der Waals surface area contributed by atoms with Crippen molar-refractivity contribution in [3.8, 4) is 0 Å². The predicted octanol–water partition coefficient (Wildman–Crippen LogP) is 3.14. The number of nitrogens with two attached hydrogens (primary N) is 1. The van der Waals surface area contributed by atoms with Gasteiger partial charge in [0.1, 0.15) is 0 Å². The van der Waals surface area contributed by atoms with Crippen LogP contribution >= 0.6 is 23.2 Å². The standard InChI is InChI=1S/C13H17Cl2N3/c14-11-2-1-9(7-12(11)15)8-18-5-3-10(4-6-18)13(16)17/h1-2,7,10H,3-6,8H2,(H3,16,17). The van der Waals surface area contributed by atoms with Gasteiger partial charge in [-0.25, -0.2) is 0 Å². The second-order valence-corrected chi connectivity index (χ2v) is 5.57. The van der Waals surface area contributed by atoms with Crippen molar-refractivity contribution >= 4 is 29.0 Å². The first-order valence-electron chi connectivity index (χ1n) is 6.06. The summed E-state index contributed by atoms with van der Waals surface area (Å²) in [5.41, 5.74) is 6.71. The molecule has 0 spiro atoms. The molecule has 1 saturated heterocycles. The van der Waals surface area contributed by atoms with E-state index < -0.39 is 0 Å². The molecule has 1 fully saturated rings. The van der Waals surface area contributed by atoms with E-state index in [4.69, 9.17) is 34.3 Å². The highest BCUT2D eigenvalue weighted by atomic mass is 35.5. The summed E-state index contributed by atoms with van der Waals surface area (Å²) in [4.78, 5) is 2.36. The maximum absolute atomic E-state index is 7.45. The maximum Gasteiger partial charge on any atom is 0.0937 e. The number of nitrogens with one attached hydrogen (secondary N) is 1. The highest BCUT2D eigenvalue weighted by Gasteiger charge is 2.21. The summed E-state index contributed by atoms with van der Waals surface area (Å²) in [5.74, 6) is 0.583. The van der Waals surface area contributed by atoms with Gasteiger partial charge in [-0.1, -0.05) is 29.3 Å². The minimum Gasteiger partial charge on any atom is -0.387 e. The van der Waals surface area contributed by atoms with Crippen molar-refractivity contribution in [3.05, 3.63) is 33.8 Å². The number of nitrogens with zero attached hydrogens (tertiary/aromatic N) is 1. The van der Waals surface area contributed by atoms with Crippen LogP contribution in [0.2, 0.25) is 10.0 Å². The van der Waals surface area contributed by atoms with Crippen LogP contribution in [0.25, 0.3) is 0 Å². The molecule has 0 bridgehead atoms. The fraction of sp³-hybridized carbons (Fsp3) is 0.462. The molecule has 98 valence electrons. The molecule has 0 amide bonds. The first-order chi connectivity index (χ1) is 8.56. The van der Waals surface area contributed by atoms with Crippen LogP contribution in [-0.2, 0) is 6.54 Å². The fourth-order valence-electron chi connectivity index (χ4n) is 2.30. The van der Waals surface area contributed by atoms with E-state index >= 15 is 0 Å². The number of hydrogen-bond acceptors (Lipinski definition) is 2. The first-order valence-corrected chi connectivity index (χ1v) is 6.82. The second kappa shape index (κ2) is 5.91. The van der Waals surface area contributed by atoms with Crippen LogP contribution in [0.5, 0.6) is 0 Å². The quantitative estimate of drug-likeness (QED) is 0.662. The topological polar surface area (TPSA) is 53.1 Å². The van der Waals surface area contributed by atoms with Gasteiger partial charge >= 0.3 is 0 Å². The Hall–Kier alpha value is -0.770. The summed E-state index contributed by atoms with van der Waals surface area (Å²) < 4.78 is 0. The summed E-state index contributed by atoms with van der Waals surface area (Å²) in [7, 11) is 0. The molecule has 2 rings (SSSR count). The lowest BCUT2D eigenvalue weighted by Gasteiger charge is -2.31. The normalized spacial score (nSPS) is 17.9. The van der Waals surface area contributed by atoms with E-state index in [0.717, 1.165) is 32.5 Å². The van der Waals surface area contributed by atoms with Gasteiger partial charge in [0.25, 0.3) is 0 Å². The Balaban J connectivity index is 1.91. The van der Waals surface area contributed by atoms with Crippen molar-refractivity contribution in [2.75, 3.05) is 13.1 Å². The van der Waals surface area contributed by atoms with Crippen molar-refractivity contribution in [3.63, 3.8) is 0 Å². The van der Waals surface area contributed by atoms with Crippen LogP contribution in [0.3, 0.4) is 0 Å². The average Bonchev–Trinajstić information content (AvgIpc) is 2.34. The van der Waals surface area contributed by atoms with Crippen LogP contribution in [0, 0.1) is 11.3 Å². The van der Waals surface area contributed by atoms with Crippen LogP contribution in [0.15, 0.2) is 18.2 Å². The van der Waals surface area contributed by atoms with Gasteiger partial charge in [-0.05, 0) is 43.6 Å². The Bertz CT molecular complexity index is 440. The van der Waals surface area contributed by atoms with Gasteiger partial charge in [-0.15, -0.1) is 0 Å². The van der Waals surface area contributed by atoms with Gasteiger partial charge in [0.05, 0.1) is 15.9 Å². The third-order valence-corrected chi connectivity index (χ3v) is 4.16. The molecule has 0 atom stereocenters. The number of likely N-dealkylation sites (tertiary alicyclic amines) is 1. The van der Waals surface area contributed by atoms with Crippen molar-refractivity contribution in [2.45, 2.75) is 19.4 Å². The van der Waals surface area contributed by atoms with E-state index in [0.29, 0.717) is 15.9 Å². The monoisotopic (exact) mass is 285 g/mol. The third-order valence-electron chi connectivity index (χ3n) is 3.42. The lowest BCUT2D eigenvalue weighted by molar-refractivity contribution is 0.201. The van der Waals surface area contributed by atoms with E-state index in [-0.39, 0.29) is 5.92 Å². The largest absolute Gasteiger partial charge is 0.387 e. The molecule has 0 aromatic heterocycles. The maximum atomic E-state index is 7.45. The zero-order valence-corrected chi connectivity index (χ0v) is 11.6. The molecule has 1 aliphatic heterocycles. The van der Waals surface area contributed by atoms with Crippen molar-refractivity contribution in [2.24, 2.45) is 11.7 Å². The zero-order chi connectivity index (χ0) is 13.1. The minimum atomic E-state index is 0.259. The zero-order valence-electron chi connectivity index (χ0n) is 10.1. The van der Waals surface area contributed by atoms with Gasteiger partial charge < -0.3 is 5.73 Å². The SMILES string of the molecule is N=C(N)C1CCN(Cc2ccc(Cl)c(Cl)c2)CC1. The predicted molar refractivity (Wildman–Crippen MR) is 76.4 cm³/mol. The summed E-state index contributed by atoms with van der Waals surface area (Å²) >= 11 is 11.9. The Morgan fingerprint density at radius 2 is 1.94 bits per heavy atom. The summed E-state index contributed by atoms with van der Waals surface area (Å²) in [6, 6.07) is 5.76. The summed E-state index contributed by atoms with van der Waals surface area (Å²) in [6.07, 6.45) is 1.94. The lowest BCUT2D eigenvalue weighted by atomic mass is 9.95. The Morgan fingerprint density at radius 1 is 1.28 bits per heavy atom. The average molecular weight is 286 g/mol. The number of benzene rings is 1. The Labute approximate surface area is 117 Å². The number of rotatable bonds is 3. The van der Waals surface area contributed by atoms with Gasteiger partial charge in [0, 0.05) is 12.5 Å². The van der Waals surface area contributed by atoms with Gasteiger partial charge in [0.2, 0.25) is 0 Å². The van der Waals surface area contributed by atoms with Gasteiger partial charge in [0.15, 0.2) is 0 Å². The molecule has 0 saturated carbocycles. The lowest BCUT2D eigenvalue weighted by Crippen LogP contribution is -2.37. The summed E-state index contributed by atoms with van der Waals surface area (Å²) in [6.45, 7) is 2.83. The smallest absolute Gasteiger partial charge is 0.0937 e. The van der Waals surface area contributed by atoms with E-state index in [1.807, 2.05) is 18.2 Å². The number of halogens is 2. The molecule has 0 radical (unpaired) electrons. The van der Waals surface area contributed by atoms with Crippen molar-refractivity contribution < 1.29 is 0 Å². The molecular weight excluding hydrogens is 269 g/mol. The number of hydrogen-bond donors (Lipinski definition) is 2. The van der Waals surface area contributed by atoms with Gasteiger partial charge in [-0.2, -0.15) is 0 Å². The highest BCUT2D eigenvalue weighted by Crippen LogP contribution is 2.24. The molecule has 1 heterocycles. The molecule has 5 heteroatoms. The molecule has 1 aromatic carbocycles. The third kappa shape index (κ3) is 3.37. The fourth-order valence-corrected chi connectivity index (χ4v) is 2.62. The first kappa shape index (κ1) is 13.7. The van der Waals surface area contributed by atoms with E-state index in [1.54, 1.807) is 0 Å². The van der Waals surface area contributed by atoms with E-state index in [1.165, 1.54) is 5.56 Å². The molecule has 3 N–H and O–H groups in total. The molecule has 0 aliphatic carbocycles. The van der Waals surface area contributed by atoms with E-state index in [9.17, 15) is 0 Å². The van der Waals surface area contributed by atoms with Crippen molar-refractivity contribution in [1.29, 1.82) is 5.41 Å². The van der Waals surface area contributed by atoms with Crippen LogP contribution in [0.4, 0.5) is 0 Å².